The molecule has 1 aromatic carbocycles. The molecule has 146 valence electrons. The smallest absolute Gasteiger partial charge is 0.268 e. The van der Waals surface area contributed by atoms with Gasteiger partial charge in [-0.15, -0.1) is 0 Å². The molecule has 1 aliphatic rings. The zero-order valence-electron chi connectivity index (χ0n) is 17.0. The van der Waals surface area contributed by atoms with E-state index < -0.39 is 0 Å². The highest BCUT2D eigenvalue weighted by Gasteiger charge is 2.34. The van der Waals surface area contributed by atoms with E-state index in [9.17, 15) is 4.79 Å². The minimum Gasteiger partial charge on any atom is -0.497 e. The molecular formula is C23H32N2O2. The number of hydrogen-bond acceptors (Lipinski definition) is 2. The van der Waals surface area contributed by atoms with Gasteiger partial charge in [0.1, 0.15) is 11.4 Å². The predicted molar refractivity (Wildman–Crippen MR) is 111 cm³/mol. The number of allylic oxidation sites excluding steroid dienone is 2. The van der Waals surface area contributed by atoms with Gasteiger partial charge in [0.25, 0.3) is 5.91 Å². The number of aromatic nitrogens is 1. The molecule has 2 aromatic rings. The Morgan fingerprint density at radius 2 is 2.11 bits per heavy atom. The number of amides is 1. The first-order chi connectivity index (χ1) is 13.1. The zero-order valence-corrected chi connectivity index (χ0v) is 17.0. The maximum absolute atomic E-state index is 13.1. The Morgan fingerprint density at radius 3 is 2.81 bits per heavy atom. The number of carbonyl (C=O) groups excluding carboxylic acids is 1. The lowest BCUT2D eigenvalue weighted by molar-refractivity contribution is 0.0920. The Balaban J connectivity index is 1.82. The van der Waals surface area contributed by atoms with Crippen molar-refractivity contribution in [2.24, 2.45) is 11.8 Å². The maximum Gasteiger partial charge on any atom is 0.268 e. The van der Waals surface area contributed by atoms with E-state index in [1.165, 1.54) is 6.42 Å². The molecule has 1 aromatic heterocycles. The average Bonchev–Trinajstić information content (AvgIpc) is 3.22. The minimum absolute atomic E-state index is 0.0191. The van der Waals surface area contributed by atoms with E-state index >= 15 is 0 Å². The lowest BCUT2D eigenvalue weighted by atomic mass is 9.91. The number of ether oxygens (including phenoxy) is 1. The van der Waals surface area contributed by atoms with E-state index in [1.807, 2.05) is 18.2 Å². The van der Waals surface area contributed by atoms with E-state index in [1.54, 1.807) is 7.11 Å². The summed E-state index contributed by atoms with van der Waals surface area (Å²) in [6.07, 6.45) is 9.66. The Morgan fingerprint density at radius 1 is 1.30 bits per heavy atom. The molecule has 0 radical (unpaired) electrons. The summed E-state index contributed by atoms with van der Waals surface area (Å²) >= 11 is 0. The van der Waals surface area contributed by atoms with Crippen LogP contribution in [0.4, 0.5) is 0 Å². The molecule has 3 unspecified atom stereocenters. The van der Waals surface area contributed by atoms with Crippen molar-refractivity contribution < 1.29 is 9.53 Å². The third kappa shape index (κ3) is 4.05. The standard InChI is InChI=1S/C23H32N2O2/c1-5-7-8-9-18-15(3)10-12-20(18)25-23(26)22-17(6-2)19-14-16(27-4)11-13-21(19)24-22/h7-8,11,13-15,18,20,24H,5-6,9-10,12H2,1-4H3,(H,25,26)/b8-7-. The molecule has 0 saturated heterocycles. The van der Waals surface area contributed by atoms with Crippen LogP contribution in [-0.4, -0.2) is 24.0 Å². The summed E-state index contributed by atoms with van der Waals surface area (Å²) in [5, 5.41) is 4.40. The zero-order chi connectivity index (χ0) is 19.4. The van der Waals surface area contributed by atoms with Crippen LogP contribution in [0.3, 0.4) is 0 Å². The fraction of sp³-hybridized carbons (Fsp3) is 0.522. The molecule has 4 nitrogen and oxygen atoms in total. The highest BCUT2D eigenvalue weighted by molar-refractivity contribution is 6.01. The number of aromatic amines is 1. The van der Waals surface area contributed by atoms with Gasteiger partial charge in [-0.2, -0.15) is 0 Å². The summed E-state index contributed by atoms with van der Waals surface area (Å²) in [4.78, 5) is 16.4. The number of nitrogens with one attached hydrogen (secondary N) is 2. The molecule has 1 amide bonds. The minimum atomic E-state index is 0.0191. The largest absolute Gasteiger partial charge is 0.497 e. The van der Waals surface area contributed by atoms with Crippen LogP contribution in [0.15, 0.2) is 30.4 Å². The van der Waals surface area contributed by atoms with Crippen LogP contribution in [0.1, 0.15) is 62.5 Å². The van der Waals surface area contributed by atoms with E-state index in [0.717, 1.165) is 47.9 Å². The number of aryl methyl sites for hydroxylation is 1. The number of benzene rings is 1. The number of H-pyrrole nitrogens is 1. The van der Waals surface area contributed by atoms with E-state index in [-0.39, 0.29) is 11.9 Å². The van der Waals surface area contributed by atoms with Crippen molar-refractivity contribution >= 4 is 16.8 Å². The first-order valence-electron chi connectivity index (χ1n) is 10.2. The molecular weight excluding hydrogens is 336 g/mol. The molecule has 0 spiro atoms. The second-order valence-corrected chi connectivity index (χ2v) is 7.66. The quantitative estimate of drug-likeness (QED) is 0.657. The van der Waals surface area contributed by atoms with Gasteiger partial charge in [-0.05, 0) is 67.7 Å². The van der Waals surface area contributed by atoms with Crippen LogP contribution in [0.5, 0.6) is 5.75 Å². The van der Waals surface area contributed by atoms with Gasteiger partial charge >= 0.3 is 0 Å². The second kappa shape index (κ2) is 8.64. The molecule has 4 heteroatoms. The van der Waals surface area contributed by atoms with Crippen LogP contribution in [0.2, 0.25) is 0 Å². The molecule has 1 saturated carbocycles. The van der Waals surface area contributed by atoms with Crippen LogP contribution < -0.4 is 10.1 Å². The third-order valence-corrected chi connectivity index (χ3v) is 6.00. The van der Waals surface area contributed by atoms with Crippen molar-refractivity contribution in [2.75, 3.05) is 7.11 Å². The van der Waals surface area contributed by atoms with Gasteiger partial charge in [-0.25, -0.2) is 0 Å². The molecule has 1 fully saturated rings. The first kappa shape index (κ1) is 19.5. The summed E-state index contributed by atoms with van der Waals surface area (Å²) in [5.74, 6) is 2.00. The average molecular weight is 369 g/mol. The fourth-order valence-electron chi connectivity index (χ4n) is 4.42. The number of rotatable bonds is 7. The van der Waals surface area contributed by atoms with Gasteiger partial charge in [0.15, 0.2) is 0 Å². The van der Waals surface area contributed by atoms with Crippen molar-refractivity contribution in [3.8, 4) is 5.75 Å². The van der Waals surface area contributed by atoms with Gasteiger partial charge in [-0.1, -0.05) is 32.9 Å². The topological polar surface area (TPSA) is 54.1 Å². The molecule has 2 N–H and O–H groups in total. The highest BCUT2D eigenvalue weighted by atomic mass is 16.5. The molecule has 0 aliphatic heterocycles. The van der Waals surface area contributed by atoms with E-state index in [2.05, 4.69) is 43.2 Å². The van der Waals surface area contributed by atoms with Gasteiger partial charge in [0.05, 0.1) is 7.11 Å². The van der Waals surface area contributed by atoms with Gasteiger partial charge in [0.2, 0.25) is 0 Å². The summed E-state index contributed by atoms with van der Waals surface area (Å²) in [6, 6.07) is 6.17. The van der Waals surface area contributed by atoms with Crippen LogP contribution >= 0.6 is 0 Å². The van der Waals surface area contributed by atoms with Crippen LogP contribution in [0.25, 0.3) is 10.9 Å². The molecule has 3 rings (SSSR count). The van der Waals surface area contributed by atoms with E-state index in [4.69, 9.17) is 4.74 Å². The van der Waals surface area contributed by atoms with Crippen molar-refractivity contribution in [3.63, 3.8) is 0 Å². The van der Waals surface area contributed by atoms with Gasteiger partial charge < -0.3 is 15.0 Å². The summed E-state index contributed by atoms with van der Waals surface area (Å²) in [5.41, 5.74) is 2.75. The molecule has 3 atom stereocenters. The van der Waals surface area contributed by atoms with Gasteiger partial charge in [-0.3, -0.25) is 4.79 Å². The van der Waals surface area contributed by atoms with Gasteiger partial charge in [0, 0.05) is 16.9 Å². The molecule has 1 aliphatic carbocycles. The van der Waals surface area contributed by atoms with Crippen molar-refractivity contribution in [3.05, 3.63) is 41.6 Å². The summed E-state index contributed by atoms with van der Waals surface area (Å²) < 4.78 is 5.35. The number of carbonyl (C=O) groups is 1. The Kier molecular flexibility index (Phi) is 6.25. The normalized spacial score (nSPS) is 22.6. The SMILES string of the molecule is CC/C=C\CC1C(C)CCC1NC(=O)c1[nH]c2ccc(OC)cc2c1CC. The molecule has 1 heterocycles. The van der Waals surface area contributed by atoms with E-state index in [0.29, 0.717) is 17.5 Å². The summed E-state index contributed by atoms with van der Waals surface area (Å²) in [7, 11) is 1.67. The molecule has 0 bridgehead atoms. The van der Waals surface area contributed by atoms with Crippen molar-refractivity contribution in [1.29, 1.82) is 0 Å². The number of fused-ring (bicyclic) bond motifs is 1. The number of hydrogen-bond donors (Lipinski definition) is 2. The second-order valence-electron chi connectivity index (χ2n) is 7.66. The lowest BCUT2D eigenvalue weighted by Crippen LogP contribution is -2.38. The summed E-state index contributed by atoms with van der Waals surface area (Å²) in [6.45, 7) is 6.56. The Labute approximate surface area is 162 Å². The Bertz CT molecular complexity index is 821. The van der Waals surface area contributed by atoms with Crippen LogP contribution in [-0.2, 0) is 6.42 Å². The lowest BCUT2D eigenvalue weighted by Gasteiger charge is -2.23. The highest BCUT2D eigenvalue weighted by Crippen LogP contribution is 2.35. The third-order valence-electron chi connectivity index (χ3n) is 6.00. The van der Waals surface area contributed by atoms with Crippen molar-refractivity contribution in [2.45, 2.75) is 58.9 Å². The number of methoxy groups -OCH3 is 1. The van der Waals surface area contributed by atoms with Crippen molar-refractivity contribution in [1.82, 2.24) is 10.3 Å². The fourth-order valence-corrected chi connectivity index (χ4v) is 4.42. The molecule has 27 heavy (non-hydrogen) atoms. The Hall–Kier alpha value is -2.23. The maximum atomic E-state index is 13.1. The monoisotopic (exact) mass is 368 g/mol. The first-order valence-corrected chi connectivity index (χ1v) is 10.2. The van der Waals surface area contributed by atoms with Crippen LogP contribution in [0, 0.1) is 11.8 Å². The predicted octanol–water partition coefficient (Wildman–Crippen LogP) is 5.24.